The molecule has 0 aromatic carbocycles. The second-order valence-electron chi connectivity index (χ2n) is 4.29. The van der Waals surface area contributed by atoms with Crippen molar-refractivity contribution in [1.29, 1.82) is 0 Å². The van der Waals surface area contributed by atoms with Crippen LogP contribution in [0.3, 0.4) is 0 Å². The van der Waals surface area contributed by atoms with Crippen molar-refractivity contribution >= 4 is 5.91 Å². The van der Waals surface area contributed by atoms with E-state index >= 15 is 0 Å². The molecule has 0 spiro atoms. The number of nitrogens with one attached hydrogen (secondary N) is 1. The third-order valence-corrected chi connectivity index (χ3v) is 2.88. The second kappa shape index (κ2) is 6.62. The SMILES string of the molecule is CCC[C@H](N)C(=O)NCC1CC=CCC1. The van der Waals surface area contributed by atoms with Gasteiger partial charge in [0.1, 0.15) is 0 Å². The second-order valence-corrected chi connectivity index (χ2v) is 4.29. The van der Waals surface area contributed by atoms with Crippen molar-refractivity contribution in [2.45, 2.75) is 45.1 Å². The lowest BCUT2D eigenvalue weighted by atomic mass is 9.94. The zero-order chi connectivity index (χ0) is 11.1. The number of carbonyl (C=O) groups is 1. The molecule has 0 aromatic rings. The molecule has 1 rings (SSSR count). The zero-order valence-corrected chi connectivity index (χ0v) is 9.54. The Morgan fingerprint density at radius 1 is 1.60 bits per heavy atom. The van der Waals surface area contributed by atoms with Gasteiger partial charge in [-0.2, -0.15) is 0 Å². The number of nitrogens with two attached hydrogens (primary N) is 1. The minimum absolute atomic E-state index is 0.00593. The fraction of sp³-hybridized carbons (Fsp3) is 0.750. The third-order valence-electron chi connectivity index (χ3n) is 2.88. The van der Waals surface area contributed by atoms with Crippen LogP contribution >= 0.6 is 0 Å². The van der Waals surface area contributed by atoms with Crippen LogP contribution in [0.2, 0.25) is 0 Å². The summed E-state index contributed by atoms with van der Waals surface area (Å²) in [5.74, 6) is 0.610. The van der Waals surface area contributed by atoms with Gasteiger partial charge in [-0.3, -0.25) is 4.79 Å². The molecule has 0 bridgehead atoms. The van der Waals surface area contributed by atoms with Crippen LogP contribution in [0.15, 0.2) is 12.2 Å². The number of hydrogen-bond acceptors (Lipinski definition) is 2. The van der Waals surface area contributed by atoms with Crippen molar-refractivity contribution in [3.63, 3.8) is 0 Å². The maximum atomic E-state index is 11.5. The number of amides is 1. The molecule has 0 saturated heterocycles. The van der Waals surface area contributed by atoms with Crippen molar-refractivity contribution in [2.75, 3.05) is 6.54 Å². The van der Waals surface area contributed by atoms with Crippen LogP contribution in [0.4, 0.5) is 0 Å². The van der Waals surface area contributed by atoms with Crippen molar-refractivity contribution in [1.82, 2.24) is 5.32 Å². The molecule has 1 aliphatic rings. The molecule has 1 unspecified atom stereocenters. The zero-order valence-electron chi connectivity index (χ0n) is 9.54. The van der Waals surface area contributed by atoms with Gasteiger partial charge in [-0.1, -0.05) is 25.5 Å². The van der Waals surface area contributed by atoms with Gasteiger partial charge >= 0.3 is 0 Å². The third kappa shape index (κ3) is 4.47. The topological polar surface area (TPSA) is 55.1 Å². The van der Waals surface area contributed by atoms with E-state index in [2.05, 4.69) is 17.5 Å². The Morgan fingerprint density at radius 3 is 3.00 bits per heavy atom. The van der Waals surface area contributed by atoms with Crippen molar-refractivity contribution in [3.8, 4) is 0 Å². The van der Waals surface area contributed by atoms with E-state index in [9.17, 15) is 4.79 Å². The number of hydrogen-bond donors (Lipinski definition) is 2. The average Bonchev–Trinajstić information content (AvgIpc) is 2.27. The first-order valence-corrected chi connectivity index (χ1v) is 5.92. The van der Waals surface area contributed by atoms with E-state index in [4.69, 9.17) is 5.73 Å². The molecule has 1 amide bonds. The van der Waals surface area contributed by atoms with Crippen molar-refractivity contribution in [3.05, 3.63) is 12.2 Å². The Bertz CT molecular complexity index is 226. The first kappa shape index (κ1) is 12.2. The van der Waals surface area contributed by atoms with Gasteiger partial charge in [0.2, 0.25) is 5.91 Å². The van der Waals surface area contributed by atoms with Crippen LogP contribution in [0, 0.1) is 5.92 Å². The van der Waals surface area contributed by atoms with E-state index in [1.54, 1.807) is 0 Å². The summed E-state index contributed by atoms with van der Waals surface area (Å²) in [6, 6.07) is -0.325. The lowest BCUT2D eigenvalue weighted by Crippen LogP contribution is -2.42. The van der Waals surface area contributed by atoms with E-state index < -0.39 is 0 Å². The molecule has 1 aliphatic carbocycles. The Balaban J connectivity index is 2.18. The average molecular weight is 210 g/mol. The highest BCUT2D eigenvalue weighted by Gasteiger charge is 2.15. The summed E-state index contributed by atoms with van der Waals surface area (Å²) in [5, 5.41) is 2.94. The van der Waals surface area contributed by atoms with Crippen LogP contribution in [-0.2, 0) is 4.79 Å². The molecular weight excluding hydrogens is 188 g/mol. The Morgan fingerprint density at radius 2 is 2.40 bits per heavy atom. The predicted molar refractivity (Wildman–Crippen MR) is 62.4 cm³/mol. The first-order chi connectivity index (χ1) is 7.24. The molecular formula is C12H22N2O. The van der Waals surface area contributed by atoms with E-state index in [0.717, 1.165) is 32.2 Å². The molecule has 0 heterocycles. The summed E-state index contributed by atoms with van der Waals surface area (Å²) in [7, 11) is 0. The van der Waals surface area contributed by atoms with Crippen LogP contribution in [0.25, 0.3) is 0 Å². The maximum Gasteiger partial charge on any atom is 0.236 e. The molecule has 0 radical (unpaired) electrons. The highest BCUT2D eigenvalue weighted by molar-refractivity contribution is 5.81. The normalized spacial score (nSPS) is 22.4. The van der Waals surface area contributed by atoms with E-state index in [1.165, 1.54) is 6.42 Å². The quantitative estimate of drug-likeness (QED) is 0.677. The first-order valence-electron chi connectivity index (χ1n) is 5.92. The standard InChI is InChI=1S/C12H22N2O/c1-2-6-11(13)12(15)14-9-10-7-4-3-5-8-10/h3-4,10-11H,2,5-9,13H2,1H3,(H,14,15)/t10?,11-/m0/s1. The smallest absolute Gasteiger partial charge is 0.236 e. The minimum atomic E-state index is -0.325. The number of allylic oxidation sites excluding steroid dienone is 2. The summed E-state index contributed by atoms with van der Waals surface area (Å²) in [5.41, 5.74) is 5.72. The molecule has 0 fully saturated rings. The van der Waals surface area contributed by atoms with Crippen molar-refractivity contribution < 1.29 is 4.79 Å². The van der Waals surface area contributed by atoms with Gasteiger partial charge in [0, 0.05) is 6.54 Å². The van der Waals surface area contributed by atoms with E-state index in [-0.39, 0.29) is 11.9 Å². The summed E-state index contributed by atoms with van der Waals surface area (Å²) in [6.07, 6.45) is 9.55. The molecule has 3 nitrogen and oxygen atoms in total. The van der Waals surface area contributed by atoms with E-state index in [1.807, 2.05) is 6.92 Å². The lowest BCUT2D eigenvalue weighted by molar-refractivity contribution is -0.122. The Labute approximate surface area is 92.1 Å². The van der Waals surface area contributed by atoms with Gasteiger partial charge in [-0.15, -0.1) is 0 Å². The molecule has 2 atom stereocenters. The summed E-state index contributed by atoms with van der Waals surface area (Å²) in [6.45, 7) is 2.82. The fourth-order valence-electron chi connectivity index (χ4n) is 1.86. The van der Waals surface area contributed by atoms with Crippen molar-refractivity contribution in [2.24, 2.45) is 11.7 Å². The highest BCUT2D eigenvalue weighted by Crippen LogP contribution is 2.16. The maximum absolute atomic E-state index is 11.5. The van der Waals surface area contributed by atoms with Gasteiger partial charge in [0.15, 0.2) is 0 Å². The van der Waals surface area contributed by atoms with Crippen LogP contribution in [0.1, 0.15) is 39.0 Å². The fourth-order valence-corrected chi connectivity index (χ4v) is 1.86. The van der Waals surface area contributed by atoms with Crippen LogP contribution < -0.4 is 11.1 Å². The molecule has 0 aromatic heterocycles. The predicted octanol–water partition coefficient (Wildman–Crippen LogP) is 1.59. The Hall–Kier alpha value is -0.830. The van der Waals surface area contributed by atoms with Gasteiger partial charge in [-0.25, -0.2) is 0 Å². The largest absolute Gasteiger partial charge is 0.354 e. The summed E-state index contributed by atoms with van der Waals surface area (Å²) in [4.78, 5) is 11.5. The molecule has 3 N–H and O–H groups in total. The molecule has 3 heteroatoms. The van der Waals surface area contributed by atoms with E-state index in [0.29, 0.717) is 5.92 Å². The molecule has 0 saturated carbocycles. The minimum Gasteiger partial charge on any atom is -0.354 e. The Kier molecular flexibility index (Phi) is 5.40. The number of rotatable bonds is 5. The van der Waals surface area contributed by atoms with Gasteiger partial charge < -0.3 is 11.1 Å². The molecule has 0 aliphatic heterocycles. The lowest BCUT2D eigenvalue weighted by Gasteiger charge is -2.19. The van der Waals surface area contributed by atoms with Crippen LogP contribution in [-0.4, -0.2) is 18.5 Å². The summed E-state index contributed by atoms with van der Waals surface area (Å²) < 4.78 is 0. The van der Waals surface area contributed by atoms with Crippen LogP contribution in [0.5, 0.6) is 0 Å². The monoisotopic (exact) mass is 210 g/mol. The van der Waals surface area contributed by atoms with Gasteiger partial charge in [-0.05, 0) is 31.6 Å². The van der Waals surface area contributed by atoms with Gasteiger partial charge in [0.25, 0.3) is 0 Å². The molecule has 15 heavy (non-hydrogen) atoms. The van der Waals surface area contributed by atoms with Gasteiger partial charge in [0.05, 0.1) is 6.04 Å². The highest BCUT2D eigenvalue weighted by atomic mass is 16.2. The number of carbonyl (C=O) groups excluding carboxylic acids is 1. The summed E-state index contributed by atoms with van der Waals surface area (Å²) >= 11 is 0. The molecule has 86 valence electrons.